The molecule has 3 heterocycles. The van der Waals surface area contributed by atoms with Gasteiger partial charge in [-0.05, 0) is 41.1 Å². The lowest BCUT2D eigenvalue weighted by Crippen LogP contribution is -2.11. The average molecular weight is 334 g/mol. The minimum atomic E-state index is -0.663. The second kappa shape index (κ2) is 4.97. The van der Waals surface area contributed by atoms with Crippen molar-refractivity contribution >= 4 is 27.7 Å². The number of fused-ring (bicyclic) bond motifs is 1. The Hall–Kier alpha value is -2.35. The predicted molar refractivity (Wildman–Crippen MR) is 72.4 cm³/mol. The van der Waals surface area contributed by atoms with E-state index in [0.29, 0.717) is 16.1 Å². The van der Waals surface area contributed by atoms with Crippen molar-refractivity contribution in [3.8, 4) is 5.75 Å². The topological polar surface area (TPSA) is 82.3 Å². The number of nitrogens with zero attached hydrogens (tertiary/aromatic N) is 5. The van der Waals surface area contributed by atoms with Crippen LogP contribution in [-0.4, -0.2) is 30.5 Å². The van der Waals surface area contributed by atoms with Crippen molar-refractivity contribution in [1.82, 2.24) is 24.6 Å². The number of halogens is 1. The third-order valence-corrected chi connectivity index (χ3v) is 3.14. The Labute approximate surface area is 121 Å². The number of pyridine rings is 1. The first-order valence-corrected chi connectivity index (χ1v) is 6.45. The first-order valence-electron chi connectivity index (χ1n) is 5.66. The van der Waals surface area contributed by atoms with Gasteiger partial charge in [0.15, 0.2) is 5.75 Å². The number of rotatable bonds is 2. The standard InChI is InChI=1S/C12H8BrN5O2/c1-7-4-6-15-12-16-10(17-18(7)12)11(19)20-8-3-2-5-14-9(8)13/h2-6H,1H3. The Morgan fingerprint density at radius 1 is 1.30 bits per heavy atom. The van der Waals surface area contributed by atoms with Gasteiger partial charge in [-0.3, -0.25) is 0 Å². The number of aromatic nitrogens is 5. The van der Waals surface area contributed by atoms with Crippen LogP contribution < -0.4 is 4.74 Å². The molecule has 0 saturated heterocycles. The van der Waals surface area contributed by atoms with Crippen LogP contribution in [-0.2, 0) is 0 Å². The molecule has 0 radical (unpaired) electrons. The van der Waals surface area contributed by atoms with Gasteiger partial charge in [0.2, 0.25) is 0 Å². The van der Waals surface area contributed by atoms with Crippen molar-refractivity contribution in [2.24, 2.45) is 0 Å². The van der Waals surface area contributed by atoms with Gasteiger partial charge in [0.1, 0.15) is 4.60 Å². The molecule has 0 N–H and O–H groups in total. The maximum atomic E-state index is 12.0. The summed E-state index contributed by atoms with van der Waals surface area (Å²) in [6.45, 7) is 1.84. The molecular weight excluding hydrogens is 326 g/mol. The summed E-state index contributed by atoms with van der Waals surface area (Å²) in [5, 5.41) is 4.07. The summed E-state index contributed by atoms with van der Waals surface area (Å²) in [5.41, 5.74) is 0.823. The summed E-state index contributed by atoms with van der Waals surface area (Å²) in [7, 11) is 0. The second-order valence-electron chi connectivity index (χ2n) is 3.92. The highest BCUT2D eigenvalue weighted by Gasteiger charge is 2.17. The minimum Gasteiger partial charge on any atom is -0.418 e. The maximum absolute atomic E-state index is 12.0. The monoisotopic (exact) mass is 333 g/mol. The van der Waals surface area contributed by atoms with Crippen LogP contribution in [0.1, 0.15) is 16.3 Å². The summed E-state index contributed by atoms with van der Waals surface area (Å²) < 4.78 is 7.10. The summed E-state index contributed by atoms with van der Waals surface area (Å²) in [6, 6.07) is 5.05. The lowest BCUT2D eigenvalue weighted by atomic mass is 10.4. The summed E-state index contributed by atoms with van der Waals surface area (Å²) >= 11 is 3.20. The summed E-state index contributed by atoms with van der Waals surface area (Å²) in [5.74, 6) is -0.0607. The Morgan fingerprint density at radius 2 is 2.15 bits per heavy atom. The zero-order valence-corrected chi connectivity index (χ0v) is 11.9. The highest BCUT2D eigenvalue weighted by molar-refractivity contribution is 9.10. The number of carbonyl (C=O) groups excluding carboxylic acids is 1. The first kappa shape index (κ1) is 12.7. The molecule has 100 valence electrons. The fourth-order valence-electron chi connectivity index (χ4n) is 1.59. The van der Waals surface area contributed by atoms with Gasteiger partial charge in [-0.1, -0.05) is 0 Å². The van der Waals surface area contributed by atoms with Crippen molar-refractivity contribution < 1.29 is 9.53 Å². The molecule has 0 aliphatic carbocycles. The van der Waals surface area contributed by atoms with Gasteiger partial charge in [0.25, 0.3) is 11.6 Å². The van der Waals surface area contributed by atoms with Crippen molar-refractivity contribution in [3.05, 3.63) is 46.7 Å². The van der Waals surface area contributed by atoms with Crippen LogP contribution in [0.5, 0.6) is 5.75 Å². The van der Waals surface area contributed by atoms with Gasteiger partial charge in [-0.15, -0.1) is 5.10 Å². The van der Waals surface area contributed by atoms with Crippen LogP contribution in [0.15, 0.2) is 35.2 Å². The van der Waals surface area contributed by atoms with E-state index < -0.39 is 5.97 Å². The van der Waals surface area contributed by atoms with Crippen molar-refractivity contribution in [2.75, 3.05) is 0 Å². The quantitative estimate of drug-likeness (QED) is 0.525. The molecule has 0 atom stereocenters. The Bertz CT molecular complexity index is 801. The Balaban J connectivity index is 1.93. The molecule has 3 aromatic heterocycles. The molecule has 8 heteroatoms. The second-order valence-corrected chi connectivity index (χ2v) is 4.67. The van der Waals surface area contributed by atoms with E-state index in [1.165, 1.54) is 4.52 Å². The first-order chi connectivity index (χ1) is 9.65. The van der Waals surface area contributed by atoms with Crippen molar-refractivity contribution in [3.63, 3.8) is 0 Å². The van der Waals surface area contributed by atoms with Crippen LogP contribution in [0.3, 0.4) is 0 Å². The van der Waals surface area contributed by atoms with E-state index in [1.807, 2.05) is 6.92 Å². The molecule has 0 unspecified atom stereocenters. The fourth-order valence-corrected chi connectivity index (χ4v) is 1.92. The largest absolute Gasteiger partial charge is 0.418 e. The molecule has 3 aromatic rings. The van der Waals surface area contributed by atoms with Crippen molar-refractivity contribution in [2.45, 2.75) is 6.92 Å². The molecule has 0 saturated carbocycles. The van der Waals surface area contributed by atoms with E-state index in [2.05, 4.69) is 36.0 Å². The molecule has 0 spiro atoms. The molecule has 0 amide bonds. The lowest BCUT2D eigenvalue weighted by Gasteiger charge is -2.02. The molecule has 20 heavy (non-hydrogen) atoms. The minimum absolute atomic E-state index is 0.0532. The molecule has 3 rings (SSSR count). The van der Waals surface area contributed by atoms with E-state index in [0.717, 1.165) is 5.69 Å². The number of hydrogen-bond acceptors (Lipinski definition) is 6. The van der Waals surface area contributed by atoms with Gasteiger partial charge < -0.3 is 4.74 Å². The number of esters is 1. The number of aryl methyl sites for hydroxylation is 1. The smallest absolute Gasteiger partial charge is 0.383 e. The van der Waals surface area contributed by atoms with Gasteiger partial charge in [0, 0.05) is 18.1 Å². The van der Waals surface area contributed by atoms with Gasteiger partial charge in [-0.2, -0.15) is 4.98 Å². The predicted octanol–water partition coefficient (Wildman–Crippen LogP) is 1.81. The fraction of sp³-hybridized carbons (Fsp3) is 0.0833. The Kier molecular flexibility index (Phi) is 3.15. The van der Waals surface area contributed by atoms with E-state index in [1.54, 1.807) is 30.6 Å². The average Bonchev–Trinajstić information content (AvgIpc) is 2.87. The normalized spacial score (nSPS) is 10.7. The molecular formula is C12H8BrN5O2. The third-order valence-electron chi connectivity index (χ3n) is 2.54. The van der Waals surface area contributed by atoms with Crippen LogP contribution in [0.25, 0.3) is 5.78 Å². The highest BCUT2D eigenvalue weighted by atomic mass is 79.9. The third kappa shape index (κ3) is 2.25. The number of hydrogen-bond donors (Lipinski definition) is 0. The molecule has 0 aliphatic heterocycles. The SMILES string of the molecule is Cc1ccnc2nc(C(=O)Oc3cccnc3Br)nn12. The molecule has 0 aliphatic rings. The van der Waals surface area contributed by atoms with E-state index in [4.69, 9.17) is 4.74 Å². The van der Waals surface area contributed by atoms with Crippen LogP contribution in [0, 0.1) is 6.92 Å². The zero-order valence-electron chi connectivity index (χ0n) is 10.3. The molecule has 0 fully saturated rings. The number of carbonyl (C=O) groups is 1. The highest BCUT2D eigenvalue weighted by Crippen LogP contribution is 2.21. The molecule has 0 bridgehead atoms. The molecule has 0 aromatic carbocycles. The van der Waals surface area contributed by atoms with E-state index in [-0.39, 0.29) is 5.82 Å². The summed E-state index contributed by atoms with van der Waals surface area (Å²) in [6.07, 6.45) is 3.18. The van der Waals surface area contributed by atoms with E-state index in [9.17, 15) is 4.79 Å². The zero-order chi connectivity index (χ0) is 14.1. The lowest BCUT2D eigenvalue weighted by molar-refractivity contribution is 0.0720. The van der Waals surface area contributed by atoms with Crippen molar-refractivity contribution in [1.29, 1.82) is 0 Å². The molecule has 7 nitrogen and oxygen atoms in total. The summed E-state index contributed by atoms with van der Waals surface area (Å²) in [4.78, 5) is 24.0. The van der Waals surface area contributed by atoms with Crippen LogP contribution >= 0.6 is 15.9 Å². The van der Waals surface area contributed by atoms with Gasteiger partial charge >= 0.3 is 5.97 Å². The maximum Gasteiger partial charge on any atom is 0.383 e. The Morgan fingerprint density at radius 3 is 2.90 bits per heavy atom. The van der Waals surface area contributed by atoms with Gasteiger partial charge in [0.05, 0.1) is 0 Å². The van der Waals surface area contributed by atoms with E-state index >= 15 is 0 Å². The van der Waals surface area contributed by atoms with Gasteiger partial charge in [-0.25, -0.2) is 19.3 Å². The van der Waals surface area contributed by atoms with Crippen LogP contribution in [0.2, 0.25) is 0 Å². The number of ether oxygens (including phenoxy) is 1. The van der Waals surface area contributed by atoms with Crippen LogP contribution in [0.4, 0.5) is 0 Å².